The number of amides is 1. The number of H-pyrrole nitrogens is 1. The van der Waals surface area contributed by atoms with E-state index in [1.54, 1.807) is 18.2 Å². The molecule has 0 saturated heterocycles. The van der Waals surface area contributed by atoms with E-state index in [4.69, 9.17) is 4.74 Å². The van der Waals surface area contributed by atoms with Gasteiger partial charge in [-0.2, -0.15) is 0 Å². The second-order valence-corrected chi connectivity index (χ2v) is 7.27. The third-order valence-corrected chi connectivity index (χ3v) is 5.76. The quantitative estimate of drug-likeness (QED) is 0.650. The molecule has 4 rings (SSSR count). The number of carbonyl (C=O) groups excluding carboxylic acids is 1. The number of aromatic amines is 1. The van der Waals surface area contributed by atoms with E-state index in [0.29, 0.717) is 23.4 Å². The Kier molecular flexibility index (Phi) is 4.47. The van der Waals surface area contributed by atoms with Crippen molar-refractivity contribution in [1.29, 1.82) is 0 Å². The van der Waals surface area contributed by atoms with Crippen LogP contribution in [0.5, 0.6) is 11.6 Å². The number of para-hydroxylation sites is 1. The Balaban J connectivity index is 1.95. The molecule has 2 aromatic rings. The van der Waals surface area contributed by atoms with Gasteiger partial charge >= 0.3 is 0 Å². The van der Waals surface area contributed by atoms with Crippen LogP contribution in [0.25, 0.3) is 0 Å². The van der Waals surface area contributed by atoms with Gasteiger partial charge in [-0.1, -0.05) is 18.2 Å². The normalized spacial score (nSPS) is 27.1. The smallest absolute Gasteiger partial charge is 0.220 e. The van der Waals surface area contributed by atoms with E-state index in [-0.39, 0.29) is 23.9 Å². The third-order valence-electron chi connectivity index (χ3n) is 5.76. The molecule has 2 aliphatic rings. The number of nitrogens with zero attached hydrogens (tertiary/aromatic N) is 1. The molecular formula is C20H25N3O4. The Morgan fingerprint density at radius 3 is 2.81 bits per heavy atom. The molecule has 1 saturated carbocycles. The molecule has 144 valence electrons. The zero-order chi connectivity index (χ0) is 19.1. The maximum Gasteiger partial charge on any atom is 0.220 e. The number of aliphatic hydroxyl groups is 1. The Bertz CT molecular complexity index is 850. The Hall–Kier alpha value is -2.67. The molecule has 1 fully saturated rings. The number of fused-ring (bicyclic) bond motifs is 2. The summed E-state index contributed by atoms with van der Waals surface area (Å²) in [6.45, 7) is 1.54. The van der Waals surface area contributed by atoms with E-state index >= 15 is 0 Å². The molecule has 2 heterocycles. The highest BCUT2D eigenvalue weighted by atomic mass is 16.5. The molecule has 1 amide bonds. The van der Waals surface area contributed by atoms with Crippen LogP contribution in [0.2, 0.25) is 0 Å². The van der Waals surface area contributed by atoms with E-state index in [2.05, 4.69) is 10.3 Å². The molecule has 1 aliphatic heterocycles. The van der Waals surface area contributed by atoms with Crippen LogP contribution in [0, 0.1) is 0 Å². The van der Waals surface area contributed by atoms with Gasteiger partial charge in [0.05, 0.1) is 42.6 Å². The predicted octanol–water partition coefficient (Wildman–Crippen LogP) is 2.37. The largest absolute Gasteiger partial charge is 0.496 e. The standard InChI is InChI=1S/C20H25N3O4/c1-11(24)23-14-7-5-8-15(25)18(14)22-13-10-21-20(26)17(13)19(23)12-6-3-4-9-16(12)27-2/h3-4,6,9-10,14-15,18-19,21-22,25-26H,5,7-8H2,1-2H3. The molecular weight excluding hydrogens is 346 g/mol. The lowest BCUT2D eigenvalue weighted by molar-refractivity contribution is -0.135. The summed E-state index contributed by atoms with van der Waals surface area (Å²) in [5.41, 5.74) is 2.09. The summed E-state index contributed by atoms with van der Waals surface area (Å²) in [5, 5.41) is 24.6. The molecule has 0 bridgehead atoms. The van der Waals surface area contributed by atoms with Crippen molar-refractivity contribution < 1.29 is 19.7 Å². The van der Waals surface area contributed by atoms with Crippen molar-refractivity contribution in [2.75, 3.05) is 12.4 Å². The fourth-order valence-electron chi connectivity index (χ4n) is 4.60. The van der Waals surface area contributed by atoms with Gasteiger partial charge in [0.15, 0.2) is 5.88 Å². The van der Waals surface area contributed by atoms with Crippen molar-refractivity contribution in [2.45, 2.75) is 50.4 Å². The molecule has 4 atom stereocenters. The highest BCUT2D eigenvalue weighted by Gasteiger charge is 2.46. The fourth-order valence-corrected chi connectivity index (χ4v) is 4.60. The van der Waals surface area contributed by atoms with E-state index in [9.17, 15) is 15.0 Å². The van der Waals surface area contributed by atoms with Crippen LogP contribution >= 0.6 is 0 Å². The van der Waals surface area contributed by atoms with Gasteiger partial charge in [-0.15, -0.1) is 0 Å². The lowest BCUT2D eigenvalue weighted by atomic mass is 9.85. The van der Waals surface area contributed by atoms with Gasteiger partial charge < -0.3 is 30.2 Å². The van der Waals surface area contributed by atoms with Crippen LogP contribution in [0.15, 0.2) is 30.5 Å². The van der Waals surface area contributed by atoms with Crippen LogP contribution < -0.4 is 10.1 Å². The van der Waals surface area contributed by atoms with Gasteiger partial charge in [-0.25, -0.2) is 0 Å². The monoisotopic (exact) mass is 371 g/mol. The zero-order valence-electron chi connectivity index (χ0n) is 15.5. The van der Waals surface area contributed by atoms with Crippen molar-refractivity contribution in [3.8, 4) is 11.6 Å². The summed E-state index contributed by atoms with van der Waals surface area (Å²) in [4.78, 5) is 17.5. The van der Waals surface area contributed by atoms with Crippen LogP contribution in [-0.4, -0.2) is 51.3 Å². The van der Waals surface area contributed by atoms with Gasteiger partial charge in [-0.3, -0.25) is 4.79 Å². The second kappa shape index (κ2) is 6.81. The summed E-state index contributed by atoms with van der Waals surface area (Å²) in [5.74, 6) is 0.549. The highest BCUT2D eigenvalue weighted by Crippen LogP contribution is 2.47. The average molecular weight is 371 g/mol. The molecule has 0 radical (unpaired) electrons. The highest BCUT2D eigenvalue weighted by molar-refractivity contribution is 5.77. The van der Waals surface area contributed by atoms with Gasteiger partial charge in [-0.05, 0) is 25.3 Å². The number of aromatic hydroxyl groups is 1. The van der Waals surface area contributed by atoms with Gasteiger partial charge in [0.2, 0.25) is 5.91 Å². The number of aromatic nitrogens is 1. The van der Waals surface area contributed by atoms with E-state index in [1.165, 1.54) is 6.92 Å². The van der Waals surface area contributed by atoms with Gasteiger partial charge in [0.25, 0.3) is 0 Å². The van der Waals surface area contributed by atoms with Gasteiger partial charge in [0.1, 0.15) is 5.75 Å². The predicted molar refractivity (Wildman–Crippen MR) is 101 cm³/mol. The average Bonchev–Trinajstić information content (AvgIpc) is 2.93. The van der Waals surface area contributed by atoms with Crippen LogP contribution in [0.1, 0.15) is 43.4 Å². The number of hydrogen-bond donors (Lipinski definition) is 4. The summed E-state index contributed by atoms with van der Waals surface area (Å²) < 4.78 is 5.56. The summed E-state index contributed by atoms with van der Waals surface area (Å²) >= 11 is 0. The number of hydrogen-bond acceptors (Lipinski definition) is 5. The van der Waals surface area contributed by atoms with E-state index < -0.39 is 12.1 Å². The molecule has 27 heavy (non-hydrogen) atoms. The first-order chi connectivity index (χ1) is 13.0. The minimum atomic E-state index is -0.563. The number of carbonyl (C=O) groups is 1. The number of nitrogens with one attached hydrogen (secondary N) is 2. The van der Waals surface area contributed by atoms with Crippen LogP contribution in [0.3, 0.4) is 0 Å². The minimum absolute atomic E-state index is 0.00722. The number of benzene rings is 1. The number of methoxy groups -OCH3 is 1. The molecule has 4 unspecified atom stereocenters. The van der Waals surface area contributed by atoms with E-state index in [1.807, 2.05) is 24.3 Å². The van der Waals surface area contributed by atoms with Crippen molar-refractivity contribution in [3.63, 3.8) is 0 Å². The number of aliphatic hydroxyl groups excluding tert-OH is 1. The second-order valence-electron chi connectivity index (χ2n) is 7.27. The maximum absolute atomic E-state index is 12.8. The molecule has 1 aliphatic carbocycles. The lowest BCUT2D eigenvalue weighted by Crippen LogP contribution is -2.55. The number of ether oxygens (including phenoxy) is 1. The number of anilines is 1. The molecule has 4 N–H and O–H groups in total. The fraction of sp³-hybridized carbons (Fsp3) is 0.450. The van der Waals surface area contributed by atoms with Crippen molar-refractivity contribution >= 4 is 11.6 Å². The van der Waals surface area contributed by atoms with Crippen LogP contribution in [-0.2, 0) is 4.79 Å². The molecule has 1 aromatic heterocycles. The molecule has 0 spiro atoms. The van der Waals surface area contributed by atoms with Crippen molar-refractivity contribution in [2.24, 2.45) is 0 Å². The van der Waals surface area contributed by atoms with Crippen molar-refractivity contribution in [1.82, 2.24) is 9.88 Å². The lowest BCUT2D eigenvalue weighted by Gasteiger charge is -2.43. The maximum atomic E-state index is 12.8. The Labute approximate surface area is 158 Å². The summed E-state index contributed by atoms with van der Waals surface area (Å²) in [6.07, 6.45) is 3.44. The Morgan fingerprint density at radius 2 is 2.07 bits per heavy atom. The molecule has 7 heteroatoms. The first-order valence-corrected chi connectivity index (χ1v) is 9.29. The summed E-state index contributed by atoms with van der Waals surface area (Å²) in [6, 6.07) is 6.53. The third kappa shape index (κ3) is 2.82. The van der Waals surface area contributed by atoms with Gasteiger partial charge in [0, 0.05) is 18.7 Å². The number of rotatable bonds is 2. The minimum Gasteiger partial charge on any atom is -0.496 e. The molecule has 7 nitrogen and oxygen atoms in total. The zero-order valence-corrected chi connectivity index (χ0v) is 15.5. The topological polar surface area (TPSA) is 97.8 Å². The molecule has 1 aromatic carbocycles. The Morgan fingerprint density at radius 1 is 1.30 bits per heavy atom. The first-order valence-electron chi connectivity index (χ1n) is 9.29. The SMILES string of the molecule is COc1ccccc1C1c2c(c[nH]c2O)NC2C(O)CCCC2N1C(C)=O. The van der Waals surface area contributed by atoms with Crippen molar-refractivity contribution in [3.05, 3.63) is 41.6 Å². The first kappa shape index (κ1) is 17.7. The van der Waals surface area contributed by atoms with Crippen LogP contribution in [0.4, 0.5) is 5.69 Å². The summed E-state index contributed by atoms with van der Waals surface area (Å²) in [7, 11) is 1.59. The van der Waals surface area contributed by atoms with E-state index in [0.717, 1.165) is 18.4 Å².